The first-order chi connectivity index (χ1) is 8.00. The highest BCUT2D eigenvalue weighted by molar-refractivity contribution is 6.32. The summed E-state index contributed by atoms with van der Waals surface area (Å²) in [6, 6.07) is 4.65. The predicted molar refractivity (Wildman–Crippen MR) is 65.0 cm³/mol. The smallest absolute Gasteiger partial charge is 0.335 e. The largest absolute Gasteiger partial charge is 0.478 e. The maximum atomic E-state index is 10.8. The second-order valence-corrected chi connectivity index (χ2v) is 4.16. The summed E-state index contributed by atoms with van der Waals surface area (Å²) in [4.78, 5) is 15.0. The van der Waals surface area contributed by atoms with Crippen molar-refractivity contribution in [2.45, 2.75) is 13.8 Å². The summed E-state index contributed by atoms with van der Waals surface area (Å²) in [5.41, 5.74) is 2.81. The van der Waals surface area contributed by atoms with E-state index in [0.717, 1.165) is 17.1 Å². The zero-order chi connectivity index (χ0) is 12.6. The summed E-state index contributed by atoms with van der Waals surface area (Å²) >= 11 is 6.08. The van der Waals surface area contributed by atoms with Gasteiger partial charge in [-0.05, 0) is 32.0 Å². The molecular formula is C12H11ClN2O2. The summed E-state index contributed by atoms with van der Waals surface area (Å²) < 4.78 is 1.84. The Bertz CT molecular complexity index is 590. The fourth-order valence-electron chi connectivity index (χ4n) is 1.58. The van der Waals surface area contributed by atoms with E-state index in [9.17, 15) is 4.79 Å². The highest BCUT2D eigenvalue weighted by Crippen LogP contribution is 2.24. The molecule has 0 saturated heterocycles. The number of carboxylic acid groups (broad SMARTS) is 1. The van der Waals surface area contributed by atoms with Crippen molar-refractivity contribution < 1.29 is 9.90 Å². The van der Waals surface area contributed by atoms with Crippen molar-refractivity contribution in [3.8, 4) is 5.69 Å². The molecule has 88 valence electrons. The lowest BCUT2D eigenvalue weighted by molar-refractivity contribution is 0.0697. The zero-order valence-corrected chi connectivity index (χ0v) is 10.2. The molecular weight excluding hydrogens is 240 g/mol. The monoisotopic (exact) mass is 250 g/mol. The van der Waals surface area contributed by atoms with Gasteiger partial charge in [0.15, 0.2) is 0 Å². The Morgan fingerprint density at radius 3 is 2.59 bits per heavy atom. The van der Waals surface area contributed by atoms with E-state index in [-0.39, 0.29) is 5.56 Å². The number of aromatic nitrogens is 2. The van der Waals surface area contributed by atoms with Crippen LogP contribution in [-0.2, 0) is 0 Å². The van der Waals surface area contributed by atoms with Crippen LogP contribution in [0.5, 0.6) is 0 Å². The van der Waals surface area contributed by atoms with E-state index in [1.165, 1.54) is 12.1 Å². The Labute approximate surface area is 103 Å². The first kappa shape index (κ1) is 11.7. The molecule has 0 aliphatic rings. The van der Waals surface area contributed by atoms with Crippen molar-refractivity contribution >= 4 is 17.6 Å². The molecule has 0 bridgehead atoms. The minimum atomic E-state index is -0.989. The van der Waals surface area contributed by atoms with E-state index < -0.39 is 5.97 Å². The lowest BCUT2D eigenvalue weighted by Gasteiger charge is -2.08. The molecule has 0 radical (unpaired) electrons. The number of nitrogens with zero attached hydrogens (tertiary/aromatic N) is 2. The number of aryl methyl sites for hydroxylation is 1. The third-order valence-electron chi connectivity index (χ3n) is 2.71. The SMILES string of the molecule is Cc1ncn(-c2ccc(C(=O)O)cc2Cl)c1C. The lowest BCUT2D eigenvalue weighted by atomic mass is 10.2. The van der Waals surface area contributed by atoms with Crippen molar-refractivity contribution in [3.05, 3.63) is 46.5 Å². The van der Waals surface area contributed by atoms with Crippen LogP contribution in [0.2, 0.25) is 5.02 Å². The van der Waals surface area contributed by atoms with E-state index >= 15 is 0 Å². The van der Waals surface area contributed by atoms with Gasteiger partial charge in [-0.15, -0.1) is 0 Å². The van der Waals surface area contributed by atoms with Crippen LogP contribution in [0.15, 0.2) is 24.5 Å². The van der Waals surface area contributed by atoms with Gasteiger partial charge in [-0.1, -0.05) is 11.6 Å². The summed E-state index contributed by atoms with van der Waals surface area (Å²) in [5, 5.41) is 9.25. The number of carbonyl (C=O) groups is 1. The van der Waals surface area contributed by atoms with Gasteiger partial charge in [0.05, 0.1) is 28.3 Å². The van der Waals surface area contributed by atoms with Crippen LogP contribution in [0, 0.1) is 13.8 Å². The minimum absolute atomic E-state index is 0.174. The van der Waals surface area contributed by atoms with Gasteiger partial charge in [0.2, 0.25) is 0 Å². The van der Waals surface area contributed by atoms with Crippen LogP contribution >= 0.6 is 11.6 Å². The molecule has 0 amide bonds. The van der Waals surface area contributed by atoms with Gasteiger partial charge in [-0.3, -0.25) is 0 Å². The molecule has 0 fully saturated rings. The molecule has 0 unspecified atom stereocenters. The Kier molecular flexibility index (Phi) is 2.90. The van der Waals surface area contributed by atoms with Crippen molar-refractivity contribution in [2.24, 2.45) is 0 Å². The van der Waals surface area contributed by atoms with Crippen LogP contribution in [-0.4, -0.2) is 20.6 Å². The van der Waals surface area contributed by atoms with Gasteiger partial charge in [-0.25, -0.2) is 9.78 Å². The summed E-state index contributed by atoms with van der Waals surface area (Å²) in [5.74, 6) is -0.989. The average Bonchev–Trinajstić information content (AvgIpc) is 2.60. The highest BCUT2D eigenvalue weighted by atomic mass is 35.5. The molecule has 0 spiro atoms. The van der Waals surface area contributed by atoms with E-state index in [1.54, 1.807) is 12.4 Å². The normalized spacial score (nSPS) is 10.5. The summed E-state index contributed by atoms with van der Waals surface area (Å²) in [6.45, 7) is 3.84. The first-order valence-electron chi connectivity index (χ1n) is 5.04. The molecule has 2 aromatic rings. The van der Waals surface area contributed by atoms with Crippen LogP contribution in [0.3, 0.4) is 0 Å². The fraction of sp³-hybridized carbons (Fsp3) is 0.167. The quantitative estimate of drug-likeness (QED) is 0.892. The number of hydrogen-bond donors (Lipinski definition) is 1. The van der Waals surface area contributed by atoms with Crippen molar-refractivity contribution in [1.82, 2.24) is 9.55 Å². The summed E-state index contributed by atoms with van der Waals surface area (Å²) in [6.07, 6.45) is 1.67. The van der Waals surface area contributed by atoms with Crippen LogP contribution in [0.25, 0.3) is 5.69 Å². The number of hydrogen-bond acceptors (Lipinski definition) is 2. The number of carboxylic acids is 1. The molecule has 1 heterocycles. The number of halogens is 1. The standard InChI is InChI=1S/C12H11ClN2O2/c1-7-8(2)15(6-14-7)11-4-3-9(12(16)17)5-10(11)13/h3-6H,1-2H3,(H,16,17). The van der Waals surface area contributed by atoms with Crippen LogP contribution in [0.4, 0.5) is 0 Å². The van der Waals surface area contributed by atoms with Gasteiger partial charge in [0.1, 0.15) is 0 Å². The zero-order valence-electron chi connectivity index (χ0n) is 9.44. The summed E-state index contributed by atoms with van der Waals surface area (Å²) in [7, 11) is 0. The molecule has 5 heteroatoms. The van der Waals surface area contributed by atoms with Crippen LogP contribution in [0.1, 0.15) is 21.7 Å². The van der Waals surface area contributed by atoms with Crippen molar-refractivity contribution in [2.75, 3.05) is 0 Å². The van der Waals surface area contributed by atoms with E-state index in [2.05, 4.69) is 4.98 Å². The second-order valence-electron chi connectivity index (χ2n) is 3.76. The Morgan fingerprint density at radius 2 is 2.12 bits per heavy atom. The van der Waals surface area contributed by atoms with E-state index in [1.807, 2.05) is 18.4 Å². The maximum absolute atomic E-state index is 10.8. The van der Waals surface area contributed by atoms with Crippen LogP contribution < -0.4 is 0 Å². The molecule has 0 saturated carbocycles. The number of imidazole rings is 1. The third-order valence-corrected chi connectivity index (χ3v) is 3.01. The Balaban J connectivity index is 2.54. The lowest BCUT2D eigenvalue weighted by Crippen LogP contribution is -2.00. The number of benzene rings is 1. The van der Waals surface area contributed by atoms with E-state index in [0.29, 0.717) is 5.02 Å². The van der Waals surface area contributed by atoms with E-state index in [4.69, 9.17) is 16.7 Å². The second kappa shape index (κ2) is 4.22. The molecule has 2 rings (SSSR count). The van der Waals surface area contributed by atoms with Gasteiger partial charge in [-0.2, -0.15) is 0 Å². The van der Waals surface area contributed by atoms with Gasteiger partial charge in [0.25, 0.3) is 0 Å². The van der Waals surface area contributed by atoms with Crippen molar-refractivity contribution in [3.63, 3.8) is 0 Å². The topological polar surface area (TPSA) is 55.1 Å². The minimum Gasteiger partial charge on any atom is -0.478 e. The van der Waals surface area contributed by atoms with Gasteiger partial charge >= 0.3 is 5.97 Å². The Morgan fingerprint density at radius 1 is 1.41 bits per heavy atom. The number of aromatic carboxylic acids is 1. The molecule has 4 nitrogen and oxygen atoms in total. The number of rotatable bonds is 2. The fourth-order valence-corrected chi connectivity index (χ4v) is 1.85. The Hall–Kier alpha value is -1.81. The average molecular weight is 251 g/mol. The molecule has 1 aromatic heterocycles. The van der Waals surface area contributed by atoms with Crippen molar-refractivity contribution in [1.29, 1.82) is 0 Å². The first-order valence-corrected chi connectivity index (χ1v) is 5.42. The predicted octanol–water partition coefficient (Wildman–Crippen LogP) is 2.84. The van der Waals surface area contributed by atoms with Gasteiger partial charge in [0, 0.05) is 5.69 Å². The third kappa shape index (κ3) is 2.03. The molecule has 0 atom stereocenters. The maximum Gasteiger partial charge on any atom is 0.335 e. The molecule has 0 aliphatic carbocycles. The molecule has 0 aliphatic heterocycles. The van der Waals surface area contributed by atoms with Gasteiger partial charge < -0.3 is 9.67 Å². The molecule has 1 N–H and O–H groups in total. The molecule has 1 aromatic carbocycles. The molecule has 17 heavy (non-hydrogen) atoms. The highest BCUT2D eigenvalue weighted by Gasteiger charge is 2.10.